The van der Waals surface area contributed by atoms with E-state index >= 15 is 0 Å². The first-order chi connectivity index (χ1) is 10.1. The molecule has 7 heteroatoms. The number of rotatable bonds is 2. The monoisotopic (exact) mass is 368 g/mol. The number of nitrogens with zero attached hydrogens (tertiary/aromatic N) is 4. The molecule has 0 bridgehead atoms. The standard InChI is InChI=1S/C14H14BrClN4O/c15-11-8-10(16)4-5-13(11)20-9-12(17-18-20)14(21)19-6-2-1-3-7-19/h4-5,8-9H,1-3,6-7H2. The van der Waals surface area contributed by atoms with Crippen LogP contribution < -0.4 is 0 Å². The van der Waals surface area contributed by atoms with Gasteiger partial charge in [0.2, 0.25) is 0 Å². The number of hydrogen-bond acceptors (Lipinski definition) is 3. The van der Waals surface area contributed by atoms with Crippen LogP contribution in [0, 0.1) is 0 Å². The van der Waals surface area contributed by atoms with Crippen molar-refractivity contribution in [3.05, 3.63) is 39.6 Å². The zero-order valence-electron chi connectivity index (χ0n) is 11.3. The van der Waals surface area contributed by atoms with E-state index in [2.05, 4.69) is 26.2 Å². The Morgan fingerprint density at radius 1 is 1.24 bits per heavy atom. The van der Waals surface area contributed by atoms with E-state index in [9.17, 15) is 4.79 Å². The van der Waals surface area contributed by atoms with Gasteiger partial charge in [0.15, 0.2) is 5.69 Å². The summed E-state index contributed by atoms with van der Waals surface area (Å²) in [4.78, 5) is 14.2. The van der Waals surface area contributed by atoms with Gasteiger partial charge in [0, 0.05) is 22.6 Å². The van der Waals surface area contributed by atoms with Crippen LogP contribution in [0.3, 0.4) is 0 Å². The first kappa shape index (κ1) is 14.5. The minimum Gasteiger partial charge on any atom is -0.337 e. The molecule has 0 spiro atoms. The van der Waals surface area contributed by atoms with E-state index < -0.39 is 0 Å². The van der Waals surface area contributed by atoms with Crippen molar-refractivity contribution in [3.8, 4) is 5.69 Å². The third-order valence-electron chi connectivity index (χ3n) is 3.51. The summed E-state index contributed by atoms with van der Waals surface area (Å²) in [5.74, 6) is -0.0500. The molecule has 0 atom stereocenters. The lowest BCUT2D eigenvalue weighted by atomic mass is 10.1. The van der Waals surface area contributed by atoms with Gasteiger partial charge in [0.25, 0.3) is 5.91 Å². The number of hydrogen-bond donors (Lipinski definition) is 0. The maximum absolute atomic E-state index is 12.4. The minimum atomic E-state index is -0.0500. The number of benzene rings is 1. The fourth-order valence-corrected chi connectivity index (χ4v) is 3.27. The number of carbonyl (C=O) groups is 1. The molecule has 21 heavy (non-hydrogen) atoms. The molecule has 1 aromatic carbocycles. The molecule has 5 nitrogen and oxygen atoms in total. The van der Waals surface area contributed by atoms with Crippen molar-refractivity contribution in [2.75, 3.05) is 13.1 Å². The molecule has 1 aliphatic heterocycles. The zero-order chi connectivity index (χ0) is 14.8. The van der Waals surface area contributed by atoms with Gasteiger partial charge in [-0.25, -0.2) is 4.68 Å². The molecular formula is C14H14BrClN4O. The van der Waals surface area contributed by atoms with Crippen LogP contribution >= 0.6 is 27.5 Å². The molecule has 2 aromatic rings. The molecule has 110 valence electrons. The summed E-state index contributed by atoms with van der Waals surface area (Å²) in [6.07, 6.45) is 4.96. The van der Waals surface area contributed by atoms with Gasteiger partial charge >= 0.3 is 0 Å². The molecule has 3 rings (SSSR count). The topological polar surface area (TPSA) is 51.0 Å². The van der Waals surface area contributed by atoms with Crippen molar-refractivity contribution in [3.63, 3.8) is 0 Å². The van der Waals surface area contributed by atoms with Crippen LogP contribution in [0.25, 0.3) is 5.69 Å². The van der Waals surface area contributed by atoms with Gasteiger partial charge in [-0.05, 0) is 53.4 Å². The normalized spacial score (nSPS) is 15.2. The van der Waals surface area contributed by atoms with Gasteiger partial charge in [-0.1, -0.05) is 16.8 Å². The second-order valence-corrected chi connectivity index (χ2v) is 6.29. The summed E-state index contributed by atoms with van der Waals surface area (Å²) < 4.78 is 2.38. The van der Waals surface area contributed by atoms with Crippen LogP contribution in [0.4, 0.5) is 0 Å². The van der Waals surface area contributed by atoms with Crippen LogP contribution in [-0.2, 0) is 0 Å². The van der Waals surface area contributed by atoms with Gasteiger partial charge in [-0.15, -0.1) is 5.10 Å². The van der Waals surface area contributed by atoms with E-state index in [0.29, 0.717) is 10.7 Å². The number of carbonyl (C=O) groups excluding carboxylic acids is 1. The number of halogens is 2. The highest BCUT2D eigenvalue weighted by Gasteiger charge is 2.21. The maximum atomic E-state index is 12.4. The molecule has 0 unspecified atom stereocenters. The molecule has 1 fully saturated rings. The number of amides is 1. The van der Waals surface area contributed by atoms with Crippen molar-refractivity contribution < 1.29 is 4.79 Å². The lowest BCUT2D eigenvalue weighted by Gasteiger charge is -2.25. The van der Waals surface area contributed by atoms with E-state index in [1.54, 1.807) is 23.0 Å². The van der Waals surface area contributed by atoms with E-state index in [4.69, 9.17) is 11.6 Å². The summed E-state index contributed by atoms with van der Waals surface area (Å²) in [5, 5.41) is 8.67. The first-order valence-corrected chi connectivity index (χ1v) is 7.99. The zero-order valence-corrected chi connectivity index (χ0v) is 13.6. The molecule has 1 aliphatic rings. The summed E-state index contributed by atoms with van der Waals surface area (Å²) >= 11 is 9.36. The maximum Gasteiger partial charge on any atom is 0.276 e. The molecule has 1 amide bonds. The SMILES string of the molecule is O=C(c1cn(-c2ccc(Cl)cc2Br)nn1)N1CCCCC1. The lowest BCUT2D eigenvalue weighted by Crippen LogP contribution is -2.35. The number of likely N-dealkylation sites (tertiary alicyclic amines) is 1. The van der Waals surface area contributed by atoms with Crippen LogP contribution in [0.15, 0.2) is 28.9 Å². The lowest BCUT2D eigenvalue weighted by molar-refractivity contribution is 0.0718. The second kappa shape index (κ2) is 6.15. The van der Waals surface area contributed by atoms with E-state index in [1.807, 2.05) is 11.0 Å². The summed E-state index contributed by atoms with van der Waals surface area (Å²) in [7, 11) is 0. The minimum absolute atomic E-state index is 0.0500. The van der Waals surface area contributed by atoms with E-state index in [1.165, 1.54) is 6.42 Å². The summed E-state index contributed by atoms with van der Waals surface area (Å²) in [5.41, 5.74) is 1.17. The number of piperidine rings is 1. The van der Waals surface area contributed by atoms with Crippen molar-refractivity contribution in [2.45, 2.75) is 19.3 Å². The Morgan fingerprint density at radius 3 is 2.71 bits per heavy atom. The van der Waals surface area contributed by atoms with Crippen molar-refractivity contribution in [1.82, 2.24) is 19.9 Å². The first-order valence-electron chi connectivity index (χ1n) is 6.82. The Bertz CT molecular complexity index is 667. The van der Waals surface area contributed by atoms with Crippen molar-refractivity contribution in [2.24, 2.45) is 0 Å². The van der Waals surface area contributed by atoms with Crippen LogP contribution in [0.2, 0.25) is 5.02 Å². The quantitative estimate of drug-likeness (QED) is 0.816. The van der Waals surface area contributed by atoms with Gasteiger partial charge in [-0.3, -0.25) is 4.79 Å². The molecule has 0 N–H and O–H groups in total. The Kier molecular flexibility index (Phi) is 4.26. The fraction of sp³-hybridized carbons (Fsp3) is 0.357. The van der Waals surface area contributed by atoms with Crippen molar-refractivity contribution in [1.29, 1.82) is 0 Å². The Morgan fingerprint density at radius 2 is 2.00 bits per heavy atom. The van der Waals surface area contributed by atoms with Gasteiger partial charge in [0.1, 0.15) is 0 Å². The predicted molar refractivity (Wildman–Crippen MR) is 83.8 cm³/mol. The van der Waals surface area contributed by atoms with Gasteiger partial charge in [0.05, 0.1) is 11.9 Å². The van der Waals surface area contributed by atoms with E-state index in [-0.39, 0.29) is 5.91 Å². The third-order valence-corrected chi connectivity index (χ3v) is 4.38. The van der Waals surface area contributed by atoms with Gasteiger partial charge < -0.3 is 4.90 Å². The highest BCUT2D eigenvalue weighted by molar-refractivity contribution is 9.10. The highest BCUT2D eigenvalue weighted by atomic mass is 79.9. The Labute approximate surface area is 136 Å². The molecular weight excluding hydrogens is 356 g/mol. The predicted octanol–water partition coefficient (Wildman–Crippen LogP) is 3.31. The second-order valence-electron chi connectivity index (χ2n) is 5.00. The van der Waals surface area contributed by atoms with E-state index in [0.717, 1.165) is 36.1 Å². The highest BCUT2D eigenvalue weighted by Crippen LogP contribution is 2.24. The Balaban J connectivity index is 1.84. The van der Waals surface area contributed by atoms with Gasteiger partial charge in [-0.2, -0.15) is 0 Å². The fourth-order valence-electron chi connectivity index (χ4n) is 2.41. The van der Waals surface area contributed by atoms with Crippen LogP contribution in [0.5, 0.6) is 0 Å². The van der Waals surface area contributed by atoms with Crippen molar-refractivity contribution >= 4 is 33.4 Å². The smallest absolute Gasteiger partial charge is 0.276 e. The summed E-state index contributed by atoms with van der Waals surface area (Å²) in [6, 6.07) is 5.39. The molecule has 1 saturated heterocycles. The Hall–Kier alpha value is -1.40. The largest absolute Gasteiger partial charge is 0.337 e. The average molecular weight is 370 g/mol. The molecule has 2 heterocycles. The molecule has 1 aromatic heterocycles. The number of aromatic nitrogens is 3. The van der Waals surface area contributed by atoms with Crippen LogP contribution in [-0.4, -0.2) is 38.9 Å². The average Bonchev–Trinajstić information content (AvgIpc) is 2.97. The summed E-state index contributed by atoms with van der Waals surface area (Å²) in [6.45, 7) is 1.60. The molecule has 0 saturated carbocycles. The molecule has 0 aliphatic carbocycles. The molecule has 0 radical (unpaired) electrons. The van der Waals surface area contributed by atoms with Crippen LogP contribution in [0.1, 0.15) is 29.8 Å². The third kappa shape index (κ3) is 3.11.